The van der Waals surface area contributed by atoms with Crippen molar-refractivity contribution in [2.24, 2.45) is 5.92 Å². The van der Waals surface area contributed by atoms with E-state index in [1.54, 1.807) is 11.9 Å². The first-order valence-corrected chi connectivity index (χ1v) is 7.43. The smallest absolute Gasteiger partial charge is 0.235 e. The standard InChI is InChI=1S/C15H16N2O2S/c1-10-9-20-15(16-10)17(2)14(18)12-7-11-5-3-4-6-13(11)19-8-12/h3-6,9,12H,7-8H2,1-2H3. The highest BCUT2D eigenvalue weighted by atomic mass is 32.1. The van der Waals surface area contributed by atoms with E-state index in [-0.39, 0.29) is 11.8 Å². The average molecular weight is 288 g/mol. The van der Waals surface area contributed by atoms with E-state index in [4.69, 9.17) is 4.74 Å². The van der Waals surface area contributed by atoms with E-state index in [0.717, 1.165) is 28.6 Å². The first kappa shape index (κ1) is 13.1. The second kappa shape index (κ2) is 5.25. The zero-order valence-corrected chi connectivity index (χ0v) is 12.3. The van der Waals surface area contributed by atoms with Crippen LogP contribution in [0, 0.1) is 12.8 Å². The van der Waals surface area contributed by atoms with Crippen LogP contribution in [0.15, 0.2) is 29.6 Å². The molecule has 1 unspecified atom stereocenters. The van der Waals surface area contributed by atoms with Gasteiger partial charge in [0.1, 0.15) is 12.4 Å². The third-order valence-corrected chi connectivity index (χ3v) is 4.49. The van der Waals surface area contributed by atoms with E-state index >= 15 is 0 Å². The largest absolute Gasteiger partial charge is 0.492 e. The lowest BCUT2D eigenvalue weighted by molar-refractivity contribution is -0.123. The van der Waals surface area contributed by atoms with E-state index in [2.05, 4.69) is 4.98 Å². The first-order valence-electron chi connectivity index (χ1n) is 6.55. The highest BCUT2D eigenvalue weighted by molar-refractivity contribution is 7.14. The minimum atomic E-state index is -0.140. The molecule has 0 fully saturated rings. The first-order chi connectivity index (χ1) is 9.65. The van der Waals surface area contributed by atoms with Gasteiger partial charge in [-0.1, -0.05) is 18.2 Å². The predicted octanol–water partition coefficient (Wildman–Crippen LogP) is 2.67. The molecule has 0 radical (unpaired) electrons. The highest BCUT2D eigenvalue weighted by Crippen LogP contribution is 2.29. The lowest BCUT2D eigenvalue weighted by Gasteiger charge is -2.27. The molecule has 1 amide bonds. The number of carbonyl (C=O) groups excluding carboxylic acids is 1. The third kappa shape index (κ3) is 2.41. The van der Waals surface area contributed by atoms with Crippen LogP contribution in [0.3, 0.4) is 0 Å². The second-order valence-corrected chi connectivity index (χ2v) is 5.83. The maximum absolute atomic E-state index is 12.5. The van der Waals surface area contributed by atoms with Gasteiger partial charge in [0.25, 0.3) is 0 Å². The van der Waals surface area contributed by atoms with Gasteiger partial charge in [-0.25, -0.2) is 4.98 Å². The minimum Gasteiger partial charge on any atom is -0.492 e. The normalized spacial score (nSPS) is 17.2. The number of ether oxygens (including phenoxy) is 1. The zero-order valence-electron chi connectivity index (χ0n) is 11.5. The fourth-order valence-electron chi connectivity index (χ4n) is 2.35. The van der Waals surface area contributed by atoms with Crippen LogP contribution in [-0.2, 0) is 11.2 Å². The van der Waals surface area contributed by atoms with Crippen LogP contribution >= 0.6 is 11.3 Å². The number of aromatic nitrogens is 1. The van der Waals surface area contributed by atoms with Crippen molar-refractivity contribution in [2.45, 2.75) is 13.3 Å². The van der Waals surface area contributed by atoms with E-state index in [1.165, 1.54) is 11.3 Å². The summed E-state index contributed by atoms with van der Waals surface area (Å²) in [6.07, 6.45) is 0.726. The van der Waals surface area contributed by atoms with Crippen molar-refractivity contribution < 1.29 is 9.53 Å². The molecular formula is C15H16N2O2S. The number of thiazole rings is 1. The summed E-state index contributed by atoms with van der Waals surface area (Å²) in [6.45, 7) is 2.36. The molecule has 0 N–H and O–H groups in total. The summed E-state index contributed by atoms with van der Waals surface area (Å²) in [5.74, 6) is 0.817. The number of fused-ring (bicyclic) bond motifs is 1. The summed E-state index contributed by atoms with van der Waals surface area (Å²) in [6, 6.07) is 7.89. The fraction of sp³-hybridized carbons (Fsp3) is 0.333. The average Bonchev–Trinajstić information content (AvgIpc) is 2.92. The molecule has 1 atom stereocenters. The van der Waals surface area contributed by atoms with Crippen molar-refractivity contribution in [2.75, 3.05) is 18.6 Å². The minimum absolute atomic E-state index is 0.0638. The summed E-state index contributed by atoms with van der Waals surface area (Å²) < 4.78 is 5.68. The second-order valence-electron chi connectivity index (χ2n) is 4.99. The van der Waals surface area contributed by atoms with Crippen molar-refractivity contribution in [3.63, 3.8) is 0 Å². The number of carbonyl (C=O) groups is 1. The van der Waals surface area contributed by atoms with Crippen LogP contribution < -0.4 is 9.64 Å². The van der Waals surface area contributed by atoms with Gasteiger partial charge in [0.05, 0.1) is 11.6 Å². The molecule has 4 nitrogen and oxygen atoms in total. The van der Waals surface area contributed by atoms with Crippen LogP contribution in [0.4, 0.5) is 5.13 Å². The molecule has 1 aromatic heterocycles. The molecule has 5 heteroatoms. The number of amides is 1. The predicted molar refractivity (Wildman–Crippen MR) is 79.4 cm³/mol. The Labute approximate surface area is 122 Å². The molecule has 1 aromatic carbocycles. The number of hydrogen-bond acceptors (Lipinski definition) is 4. The molecule has 2 heterocycles. The van der Waals surface area contributed by atoms with Gasteiger partial charge in [-0.3, -0.25) is 9.69 Å². The van der Waals surface area contributed by atoms with Gasteiger partial charge >= 0.3 is 0 Å². The van der Waals surface area contributed by atoms with E-state index in [0.29, 0.717) is 6.61 Å². The zero-order chi connectivity index (χ0) is 14.1. The summed E-state index contributed by atoms with van der Waals surface area (Å²) >= 11 is 1.49. The van der Waals surface area contributed by atoms with E-state index in [1.807, 2.05) is 36.6 Å². The molecule has 0 bridgehead atoms. The molecule has 2 aromatic rings. The van der Waals surface area contributed by atoms with Crippen LogP contribution in [0.2, 0.25) is 0 Å². The number of benzene rings is 1. The quantitative estimate of drug-likeness (QED) is 0.853. The Balaban J connectivity index is 1.76. The molecule has 104 valence electrons. The van der Waals surface area contributed by atoms with E-state index in [9.17, 15) is 4.79 Å². The Bertz CT molecular complexity index is 638. The summed E-state index contributed by atoms with van der Waals surface area (Å²) in [7, 11) is 1.78. The number of anilines is 1. The fourth-order valence-corrected chi connectivity index (χ4v) is 3.12. The molecule has 0 aliphatic carbocycles. The maximum Gasteiger partial charge on any atom is 0.235 e. The summed E-state index contributed by atoms with van der Waals surface area (Å²) in [5, 5.41) is 2.69. The topological polar surface area (TPSA) is 42.4 Å². The lowest BCUT2D eigenvalue weighted by Crippen LogP contribution is -2.38. The number of nitrogens with zero attached hydrogens (tertiary/aromatic N) is 2. The number of para-hydroxylation sites is 1. The summed E-state index contributed by atoms with van der Waals surface area (Å²) in [4.78, 5) is 18.5. The van der Waals surface area contributed by atoms with Crippen LogP contribution in [0.5, 0.6) is 5.75 Å². The van der Waals surface area contributed by atoms with Crippen molar-refractivity contribution >= 4 is 22.4 Å². The highest BCUT2D eigenvalue weighted by Gasteiger charge is 2.29. The molecular weight excluding hydrogens is 272 g/mol. The van der Waals surface area contributed by atoms with Crippen LogP contribution in [-0.4, -0.2) is 24.5 Å². The van der Waals surface area contributed by atoms with Crippen LogP contribution in [0.25, 0.3) is 0 Å². The number of hydrogen-bond donors (Lipinski definition) is 0. The van der Waals surface area contributed by atoms with E-state index < -0.39 is 0 Å². The molecule has 1 aliphatic rings. The van der Waals surface area contributed by atoms with Gasteiger partial charge in [-0.15, -0.1) is 11.3 Å². The van der Waals surface area contributed by atoms with Crippen LogP contribution in [0.1, 0.15) is 11.3 Å². The Hall–Kier alpha value is -1.88. The Kier molecular flexibility index (Phi) is 3.44. The molecule has 0 saturated carbocycles. The Morgan fingerprint density at radius 3 is 3.00 bits per heavy atom. The molecule has 20 heavy (non-hydrogen) atoms. The van der Waals surface area contributed by atoms with Gasteiger partial charge in [0.15, 0.2) is 5.13 Å². The Morgan fingerprint density at radius 2 is 2.25 bits per heavy atom. The monoisotopic (exact) mass is 288 g/mol. The third-order valence-electron chi connectivity index (χ3n) is 3.45. The molecule has 0 saturated heterocycles. The number of rotatable bonds is 2. The van der Waals surface area contributed by atoms with Crippen molar-refractivity contribution in [1.82, 2.24) is 4.98 Å². The molecule has 1 aliphatic heterocycles. The van der Waals surface area contributed by atoms with Gasteiger partial charge in [-0.05, 0) is 25.0 Å². The van der Waals surface area contributed by atoms with Gasteiger partial charge in [0, 0.05) is 12.4 Å². The van der Waals surface area contributed by atoms with Crippen molar-refractivity contribution in [3.8, 4) is 5.75 Å². The number of aryl methyl sites for hydroxylation is 1. The van der Waals surface area contributed by atoms with Gasteiger partial charge in [-0.2, -0.15) is 0 Å². The van der Waals surface area contributed by atoms with Gasteiger partial charge < -0.3 is 4.74 Å². The van der Waals surface area contributed by atoms with Crippen molar-refractivity contribution in [3.05, 3.63) is 40.9 Å². The SMILES string of the molecule is Cc1csc(N(C)C(=O)C2COc3ccccc3C2)n1. The lowest BCUT2D eigenvalue weighted by atomic mass is 9.96. The Morgan fingerprint density at radius 1 is 1.45 bits per heavy atom. The van der Waals surface area contributed by atoms with Crippen molar-refractivity contribution in [1.29, 1.82) is 0 Å². The maximum atomic E-state index is 12.5. The summed E-state index contributed by atoms with van der Waals surface area (Å²) in [5.41, 5.74) is 2.04. The molecule has 3 rings (SSSR count). The molecule has 0 spiro atoms. The van der Waals surface area contributed by atoms with Gasteiger partial charge in [0.2, 0.25) is 5.91 Å².